The highest BCUT2D eigenvalue weighted by Crippen LogP contribution is 2.32. The molecule has 0 radical (unpaired) electrons. The van der Waals surface area contributed by atoms with Gasteiger partial charge in [0.2, 0.25) is 11.8 Å². The monoisotopic (exact) mass is 512 g/mol. The molecule has 2 aromatic rings. The van der Waals surface area contributed by atoms with Crippen LogP contribution in [0.1, 0.15) is 37.8 Å². The Morgan fingerprint density at radius 3 is 1.97 bits per heavy atom. The predicted octanol–water partition coefficient (Wildman–Crippen LogP) is 3.26. The third kappa shape index (κ3) is 9.76. The van der Waals surface area contributed by atoms with Gasteiger partial charge in [-0.05, 0) is 44.2 Å². The van der Waals surface area contributed by atoms with Crippen LogP contribution in [0.15, 0.2) is 60.7 Å². The van der Waals surface area contributed by atoms with Crippen LogP contribution in [0, 0.1) is 18.8 Å². The van der Waals surface area contributed by atoms with Gasteiger partial charge < -0.3 is 20.8 Å². The van der Waals surface area contributed by atoms with Crippen molar-refractivity contribution < 1.29 is 24.6 Å². The standard InChI is InChI=1S/C26H34N2O5S.C2H2/c1-26(2,34-17-19-13-8-5-9-14-19)22(24(31)27-3)28-23(30)20(21(29)25(32)33)16-10-15-18-11-6-4-7-12-18;1-2/h4-9,11-14,20-22,29H,10,15-17H2,1-3H3,(H,27,31)(H,28,30)(H,32,33);1-2H/t20-,21+,22?;/m1./s1. The van der Waals surface area contributed by atoms with Crippen LogP contribution in [-0.2, 0) is 26.6 Å². The van der Waals surface area contributed by atoms with Crippen LogP contribution < -0.4 is 10.6 Å². The van der Waals surface area contributed by atoms with Gasteiger partial charge in [-0.1, -0.05) is 60.7 Å². The number of hydrogen-bond acceptors (Lipinski definition) is 5. The van der Waals surface area contributed by atoms with Gasteiger partial charge in [0.1, 0.15) is 6.04 Å². The summed E-state index contributed by atoms with van der Waals surface area (Å²) in [7, 11) is 1.49. The second kappa shape index (κ2) is 15.7. The number of rotatable bonds is 13. The molecular weight excluding hydrogens is 476 g/mol. The average molecular weight is 513 g/mol. The molecule has 194 valence electrons. The number of carbonyl (C=O) groups is 3. The molecule has 4 N–H and O–H groups in total. The van der Waals surface area contributed by atoms with E-state index in [1.165, 1.54) is 18.8 Å². The highest BCUT2D eigenvalue weighted by molar-refractivity contribution is 7.99. The number of terminal acetylenes is 1. The smallest absolute Gasteiger partial charge is 0.333 e. The Kier molecular flexibility index (Phi) is 13.4. The Morgan fingerprint density at radius 1 is 0.944 bits per heavy atom. The number of benzene rings is 2. The molecule has 8 heteroatoms. The molecule has 36 heavy (non-hydrogen) atoms. The van der Waals surface area contributed by atoms with Crippen LogP contribution in [0.4, 0.5) is 0 Å². The topological polar surface area (TPSA) is 116 Å². The zero-order valence-electron chi connectivity index (χ0n) is 21.0. The summed E-state index contributed by atoms with van der Waals surface area (Å²) in [6.45, 7) is 3.72. The van der Waals surface area contributed by atoms with Crippen molar-refractivity contribution in [2.75, 3.05) is 7.05 Å². The molecule has 0 saturated heterocycles. The number of aryl methyl sites for hydroxylation is 1. The van der Waals surface area contributed by atoms with Gasteiger partial charge in [-0.2, -0.15) is 0 Å². The van der Waals surface area contributed by atoms with Crippen molar-refractivity contribution in [3.8, 4) is 12.8 Å². The quantitative estimate of drug-likeness (QED) is 0.306. The van der Waals surface area contributed by atoms with E-state index in [-0.39, 0.29) is 12.3 Å². The molecule has 7 nitrogen and oxygen atoms in total. The van der Waals surface area contributed by atoms with Crippen molar-refractivity contribution in [1.82, 2.24) is 10.6 Å². The number of thioether (sulfide) groups is 1. The number of amides is 2. The molecule has 0 aliphatic heterocycles. The van der Waals surface area contributed by atoms with E-state index in [1.54, 1.807) is 0 Å². The second-order valence-corrected chi connectivity index (χ2v) is 10.3. The van der Waals surface area contributed by atoms with Gasteiger partial charge in [0, 0.05) is 17.5 Å². The van der Waals surface area contributed by atoms with E-state index in [0.29, 0.717) is 18.6 Å². The SMILES string of the molecule is C#C.CNC(=O)C(NC(=O)[C@H](CCCc1ccccc1)[C@H](O)C(=O)O)C(C)(C)SCc1ccccc1. The normalized spacial score (nSPS) is 13.3. The molecule has 0 fully saturated rings. The molecule has 2 amide bonds. The van der Waals surface area contributed by atoms with Gasteiger partial charge in [-0.15, -0.1) is 24.6 Å². The number of likely N-dealkylation sites (N-methyl/N-ethyl adjacent to an activating group) is 1. The van der Waals surface area contributed by atoms with E-state index in [2.05, 4.69) is 23.5 Å². The van der Waals surface area contributed by atoms with Gasteiger partial charge in [-0.3, -0.25) is 9.59 Å². The summed E-state index contributed by atoms with van der Waals surface area (Å²) in [4.78, 5) is 37.4. The first kappa shape index (κ1) is 30.8. The van der Waals surface area contributed by atoms with E-state index >= 15 is 0 Å². The maximum absolute atomic E-state index is 13.2. The minimum absolute atomic E-state index is 0.173. The summed E-state index contributed by atoms with van der Waals surface area (Å²) in [6, 6.07) is 18.5. The third-order valence-electron chi connectivity index (χ3n) is 5.74. The third-order valence-corrected chi connectivity index (χ3v) is 7.20. The first-order valence-electron chi connectivity index (χ1n) is 11.6. The molecule has 0 bridgehead atoms. The van der Waals surface area contributed by atoms with Crippen molar-refractivity contribution in [2.45, 2.75) is 55.8 Å². The molecule has 0 spiro atoms. The number of aliphatic hydroxyl groups excluding tert-OH is 1. The number of aliphatic carboxylic acids is 1. The first-order valence-corrected chi connectivity index (χ1v) is 12.6. The fraction of sp³-hybridized carbons (Fsp3) is 0.393. The second-order valence-electron chi connectivity index (χ2n) is 8.70. The Labute approximate surface area is 218 Å². The molecule has 0 aromatic heterocycles. The van der Waals surface area contributed by atoms with Gasteiger partial charge in [0.05, 0.1) is 5.92 Å². The molecule has 0 saturated carbocycles. The fourth-order valence-corrected chi connectivity index (χ4v) is 4.71. The number of hydrogen-bond donors (Lipinski definition) is 4. The van der Waals surface area contributed by atoms with Gasteiger partial charge in [-0.25, -0.2) is 4.79 Å². The van der Waals surface area contributed by atoms with Crippen LogP contribution in [0.2, 0.25) is 0 Å². The van der Waals surface area contributed by atoms with E-state index in [9.17, 15) is 24.6 Å². The lowest BCUT2D eigenvalue weighted by Crippen LogP contribution is -2.58. The fourth-order valence-electron chi connectivity index (χ4n) is 3.65. The van der Waals surface area contributed by atoms with E-state index in [1.807, 2.05) is 74.5 Å². The lowest BCUT2D eigenvalue weighted by atomic mass is 9.92. The minimum Gasteiger partial charge on any atom is -0.479 e. The number of carbonyl (C=O) groups excluding carboxylic acids is 2. The van der Waals surface area contributed by atoms with Crippen molar-refractivity contribution in [3.63, 3.8) is 0 Å². The van der Waals surface area contributed by atoms with E-state index in [0.717, 1.165) is 11.1 Å². The van der Waals surface area contributed by atoms with Crippen molar-refractivity contribution in [2.24, 2.45) is 5.92 Å². The Balaban J connectivity index is 0.00000316. The first-order chi connectivity index (χ1) is 17.2. The molecule has 2 aromatic carbocycles. The number of carboxylic acid groups (broad SMARTS) is 1. The molecule has 1 unspecified atom stereocenters. The van der Waals surface area contributed by atoms with Crippen molar-refractivity contribution in [1.29, 1.82) is 0 Å². The molecule has 0 heterocycles. The van der Waals surface area contributed by atoms with Crippen LogP contribution in [0.3, 0.4) is 0 Å². The highest BCUT2D eigenvalue weighted by Gasteiger charge is 2.40. The molecule has 0 aliphatic rings. The Hall–Kier alpha value is -3.28. The van der Waals surface area contributed by atoms with E-state index < -0.39 is 34.7 Å². The van der Waals surface area contributed by atoms with Crippen molar-refractivity contribution in [3.05, 3.63) is 71.8 Å². The summed E-state index contributed by atoms with van der Waals surface area (Å²) < 4.78 is -0.700. The lowest BCUT2D eigenvalue weighted by Gasteiger charge is -2.34. The number of carboxylic acids is 1. The largest absolute Gasteiger partial charge is 0.479 e. The van der Waals surface area contributed by atoms with Crippen molar-refractivity contribution >= 4 is 29.5 Å². The van der Waals surface area contributed by atoms with Crippen LogP contribution >= 0.6 is 11.8 Å². The van der Waals surface area contributed by atoms with Crippen LogP contribution in [-0.4, -0.2) is 51.9 Å². The zero-order valence-corrected chi connectivity index (χ0v) is 21.8. The maximum Gasteiger partial charge on any atom is 0.333 e. The Morgan fingerprint density at radius 2 is 1.47 bits per heavy atom. The zero-order chi connectivity index (χ0) is 27.1. The Bertz CT molecular complexity index is 979. The molecule has 3 atom stereocenters. The van der Waals surface area contributed by atoms with Crippen LogP contribution in [0.5, 0.6) is 0 Å². The molecule has 0 aliphatic carbocycles. The minimum atomic E-state index is -1.86. The summed E-state index contributed by atoms with van der Waals surface area (Å²) in [5, 5.41) is 24.9. The highest BCUT2D eigenvalue weighted by atomic mass is 32.2. The van der Waals surface area contributed by atoms with E-state index in [4.69, 9.17) is 0 Å². The lowest BCUT2D eigenvalue weighted by molar-refractivity contribution is -0.154. The number of aliphatic hydroxyl groups is 1. The summed E-state index contributed by atoms with van der Waals surface area (Å²) >= 11 is 1.51. The summed E-state index contributed by atoms with van der Waals surface area (Å²) in [6.07, 6.45) is 7.48. The van der Waals surface area contributed by atoms with Gasteiger partial charge >= 0.3 is 5.97 Å². The molecule has 2 rings (SSSR count). The summed E-state index contributed by atoms with van der Waals surface area (Å²) in [5.74, 6) is -3.04. The van der Waals surface area contributed by atoms with Crippen LogP contribution in [0.25, 0.3) is 0 Å². The van der Waals surface area contributed by atoms with Gasteiger partial charge in [0.25, 0.3) is 0 Å². The predicted molar refractivity (Wildman–Crippen MR) is 144 cm³/mol. The molecular formula is C28H36N2O5S. The van der Waals surface area contributed by atoms with Gasteiger partial charge in [0.15, 0.2) is 6.10 Å². The maximum atomic E-state index is 13.2. The average Bonchev–Trinajstić information content (AvgIpc) is 2.90. The summed E-state index contributed by atoms with van der Waals surface area (Å²) in [5.41, 5.74) is 2.15. The number of nitrogens with one attached hydrogen (secondary N) is 2.